The summed E-state index contributed by atoms with van der Waals surface area (Å²) in [5, 5.41) is 0. The third-order valence-electron chi connectivity index (χ3n) is 6.22. The standard InChI is InChI=1S/C23H21F3N4O3/c1-13-2-5-16(20(29-13)21-27-8-9-32-21)22(31)30-12-14-3-6-17(30)18(10-14)33-19-7-4-15(11-28-19)23(24,25)26/h2,4-5,7-9,11,14,17-18H,3,6,10,12H2,1H3/t14-,17-,18+/m0/s1. The van der Waals surface area contributed by atoms with Gasteiger partial charge in [0.15, 0.2) is 0 Å². The summed E-state index contributed by atoms with van der Waals surface area (Å²) in [5.41, 5.74) is 0.674. The first-order valence-electron chi connectivity index (χ1n) is 10.7. The van der Waals surface area contributed by atoms with Crippen LogP contribution in [0.4, 0.5) is 13.2 Å². The topological polar surface area (TPSA) is 81.4 Å². The van der Waals surface area contributed by atoms with Crippen LogP contribution >= 0.6 is 0 Å². The Balaban J connectivity index is 1.39. The summed E-state index contributed by atoms with van der Waals surface area (Å²) < 4.78 is 49.8. The van der Waals surface area contributed by atoms with Crippen LogP contribution in [0.1, 0.15) is 40.9 Å². The van der Waals surface area contributed by atoms with Crippen molar-refractivity contribution in [3.8, 4) is 17.5 Å². The van der Waals surface area contributed by atoms with Crippen LogP contribution in [0.15, 0.2) is 47.3 Å². The second-order valence-electron chi connectivity index (χ2n) is 8.43. The fourth-order valence-electron chi connectivity index (χ4n) is 4.65. The maximum atomic E-state index is 13.6. The molecule has 2 aliphatic heterocycles. The molecule has 0 unspecified atom stereocenters. The number of piperidine rings is 2. The lowest BCUT2D eigenvalue weighted by molar-refractivity contribution is -0.137. The molecule has 10 heteroatoms. The molecule has 0 spiro atoms. The van der Waals surface area contributed by atoms with E-state index in [2.05, 4.69) is 15.0 Å². The third-order valence-corrected chi connectivity index (χ3v) is 6.22. The number of hydrogen-bond acceptors (Lipinski definition) is 6. The highest BCUT2D eigenvalue weighted by atomic mass is 19.4. The maximum absolute atomic E-state index is 13.6. The van der Waals surface area contributed by atoms with Crippen molar-refractivity contribution >= 4 is 5.91 Å². The van der Waals surface area contributed by atoms with E-state index >= 15 is 0 Å². The van der Waals surface area contributed by atoms with E-state index in [4.69, 9.17) is 9.15 Å². The zero-order valence-corrected chi connectivity index (χ0v) is 17.7. The molecule has 3 atom stereocenters. The highest BCUT2D eigenvalue weighted by molar-refractivity contribution is 5.99. The number of carbonyl (C=O) groups is 1. The smallest absolute Gasteiger partial charge is 0.417 e. The predicted octanol–water partition coefficient (Wildman–Crippen LogP) is 4.53. The second kappa shape index (κ2) is 8.17. The molecule has 7 nitrogen and oxygen atoms in total. The molecule has 0 aromatic carbocycles. The van der Waals surface area contributed by atoms with Gasteiger partial charge in [-0.05, 0) is 50.3 Å². The fraction of sp³-hybridized carbons (Fsp3) is 0.391. The molecule has 1 amide bonds. The summed E-state index contributed by atoms with van der Waals surface area (Å²) >= 11 is 0. The Kier molecular flexibility index (Phi) is 5.30. The van der Waals surface area contributed by atoms with Crippen molar-refractivity contribution < 1.29 is 27.1 Å². The average molecular weight is 458 g/mol. The normalized spacial score (nSPS) is 22.4. The predicted molar refractivity (Wildman–Crippen MR) is 110 cm³/mol. The van der Waals surface area contributed by atoms with Gasteiger partial charge in [0, 0.05) is 24.5 Å². The molecule has 5 heterocycles. The molecule has 33 heavy (non-hydrogen) atoms. The Bertz CT molecular complexity index is 1150. The van der Waals surface area contributed by atoms with Gasteiger partial charge < -0.3 is 14.1 Å². The minimum atomic E-state index is -4.46. The van der Waals surface area contributed by atoms with Gasteiger partial charge >= 0.3 is 6.18 Å². The minimum Gasteiger partial charge on any atom is -0.472 e. The maximum Gasteiger partial charge on any atom is 0.417 e. The van der Waals surface area contributed by atoms with Gasteiger partial charge in [0.2, 0.25) is 11.8 Å². The second-order valence-corrected chi connectivity index (χ2v) is 8.43. The van der Waals surface area contributed by atoms with E-state index < -0.39 is 11.7 Å². The van der Waals surface area contributed by atoms with Crippen molar-refractivity contribution in [1.82, 2.24) is 19.9 Å². The van der Waals surface area contributed by atoms with Crippen LogP contribution in [0.3, 0.4) is 0 Å². The number of oxazole rings is 1. The molecule has 2 saturated heterocycles. The number of rotatable bonds is 4. The number of carbonyl (C=O) groups excluding carboxylic acids is 1. The highest BCUT2D eigenvalue weighted by Crippen LogP contribution is 2.39. The van der Waals surface area contributed by atoms with E-state index in [0.29, 0.717) is 17.8 Å². The zero-order valence-electron chi connectivity index (χ0n) is 17.7. The number of fused-ring (bicyclic) bond motifs is 3. The molecule has 3 fully saturated rings. The summed E-state index contributed by atoms with van der Waals surface area (Å²) in [6, 6.07) is 5.45. The van der Waals surface area contributed by atoms with E-state index in [-0.39, 0.29) is 35.7 Å². The third kappa shape index (κ3) is 4.17. The number of nitrogens with zero attached hydrogens (tertiary/aromatic N) is 4. The number of alkyl halides is 3. The number of halogens is 3. The quantitative estimate of drug-likeness (QED) is 0.572. The molecule has 2 bridgehead atoms. The van der Waals surface area contributed by atoms with Crippen molar-refractivity contribution in [3.05, 3.63) is 59.7 Å². The van der Waals surface area contributed by atoms with E-state index in [9.17, 15) is 18.0 Å². The molecule has 1 saturated carbocycles. The number of hydrogen-bond donors (Lipinski definition) is 0. The van der Waals surface area contributed by atoms with Crippen LogP contribution in [-0.4, -0.2) is 44.4 Å². The molecular formula is C23H21F3N4O3. The van der Waals surface area contributed by atoms with Crippen LogP contribution in [0.5, 0.6) is 5.88 Å². The Hall–Kier alpha value is -3.43. The van der Waals surface area contributed by atoms with Gasteiger partial charge in [0.05, 0.1) is 23.4 Å². The molecule has 1 aliphatic carbocycles. The van der Waals surface area contributed by atoms with Crippen LogP contribution in [0.25, 0.3) is 11.6 Å². The number of aryl methyl sites for hydroxylation is 1. The van der Waals surface area contributed by atoms with E-state index in [1.807, 2.05) is 6.92 Å². The molecule has 0 radical (unpaired) electrons. The van der Waals surface area contributed by atoms with Crippen molar-refractivity contribution in [2.45, 2.75) is 44.5 Å². The molecule has 3 aromatic rings. The molecule has 172 valence electrons. The first kappa shape index (κ1) is 21.4. The van der Waals surface area contributed by atoms with E-state index in [0.717, 1.165) is 37.2 Å². The first-order valence-corrected chi connectivity index (χ1v) is 10.7. The molecule has 3 aliphatic rings. The van der Waals surface area contributed by atoms with Gasteiger partial charge in [-0.15, -0.1) is 0 Å². The summed E-state index contributed by atoms with van der Waals surface area (Å²) in [5.74, 6) is 0.428. The van der Waals surface area contributed by atoms with Crippen molar-refractivity contribution in [2.75, 3.05) is 6.54 Å². The molecule has 0 N–H and O–H groups in total. The Morgan fingerprint density at radius 1 is 1.18 bits per heavy atom. The number of ether oxygens (including phenoxy) is 1. The van der Waals surface area contributed by atoms with Crippen LogP contribution in [0, 0.1) is 12.8 Å². The number of amides is 1. The molecule has 6 rings (SSSR count). The van der Waals surface area contributed by atoms with E-state index in [1.165, 1.54) is 18.5 Å². The Labute approximate surface area is 187 Å². The SMILES string of the molecule is Cc1ccc(C(=O)N2C[C@H]3CC[C@H]2[C@H](Oc2ccc(C(F)(F)F)cn2)C3)c(-c2ncco2)n1. The van der Waals surface area contributed by atoms with Crippen LogP contribution in [0.2, 0.25) is 0 Å². The minimum absolute atomic E-state index is 0.116. The Morgan fingerprint density at radius 2 is 2.03 bits per heavy atom. The monoisotopic (exact) mass is 458 g/mol. The summed E-state index contributed by atoms with van der Waals surface area (Å²) in [6.45, 7) is 2.41. The average Bonchev–Trinajstić information content (AvgIpc) is 3.33. The van der Waals surface area contributed by atoms with E-state index in [1.54, 1.807) is 17.0 Å². The van der Waals surface area contributed by atoms with Gasteiger partial charge in [-0.1, -0.05) is 0 Å². The van der Waals surface area contributed by atoms with Crippen LogP contribution < -0.4 is 4.74 Å². The first-order chi connectivity index (χ1) is 15.8. The van der Waals surface area contributed by atoms with Gasteiger partial charge in [0.1, 0.15) is 18.1 Å². The summed E-state index contributed by atoms with van der Waals surface area (Å²) in [4.78, 5) is 27.8. The molecular weight excluding hydrogens is 437 g/mol. The van der Waals surface area contributed by atoms with Gasteiger partial charge in [-0.25, -0.2) is 15.0 Å². The summed E-state index contributed by atoms with van der Waals surface area (Å²) in [6.07, 6.45) is 1.31. The van der Waals surface area contributed by atoms with Crippen molar-refractivity contribution in [1.29, 1.82) is 0 Å². The lowest BCUT2D eigenvalue weighted by Crippen LogP contribution is -2.59. The lowest BCUT2D eigenvalue weighted by atomic mass is 9.77. The molecule has 3 aromatic heterocycles. The number of aromatic nitrogens is 3. The van der Waals surface area contributed by atoms with Crippen molar-refractivity contribution in [3.63, 3.8) is 0 Å². The Morgan fingerprint density at radius 3 is 2.70 bits per heavy atom. The van der Waals surface area contributed by atoms with Gasteiger partial charge in [-0.3, -0.25) is 4.79 Å². The highest BCUT2D eigenvalue weighted by Gasteiger charge is 2.45. The van der Waals surface area contributed by atoms with Crippen molar-refractivity contribution in [2.24, 2.45) is 5.92 Å². The number of pyridine rings is 2. The van der Waals surface area contributed by atoms with Crippen LogP contribution in [-0.2, 0) is 6.18 Å². The van der Waals surface area contributed by atoms with Gasteiger partial charge in [0.25, 0.3) is 5.91 Å². The zero-order chi connectivity index (χ0) is 23.2. The largest absolute Gasteiger partial charge is 0.472 e. The summed E-state index contributed by atoms with van der Waals surface area (Å²) in [7, 11) is 0. The fourth-order valence-corrected chi connectivity index (χ4v) is 4.65. The van der Waals surface area contributed by atoms with Gasteiger partial charge in [-0.2, -0.15) is 13.2 Å². The lowest BCUT2D eigenvalue weighted by Gasteiger charge is -2.49.